The molecule has 330 valence electrons. The molecule has 0 fully saturated rings. The largest absolute Gasteiger partial charge is 0.309 e. The maximum Gasteiger partial charge on any atom is 0.102 e. The summed E-state index contributed by atoms with van der Waals surface area (Å²) in [6, 6.07) is 79.1. The van der Waals surface area contributed by atoms with Crippen LogP contribution in [0.1, 0.15) is 22.3 Å². The van der Waals surface area contributed by atoms with Gasteiger partial charge in [-0.05, 0) is 60.7 Å². The number of nitriles is 4. The molecule has 72 heavy (non-hydrogen) atoms. The van der Waals surface area contributed by atoms with Gasteiger partial charge in [0.15, 0.2) is 0 Å². The van der Waals surface area contributed by atoms with Gasteiger partial charge in [0.1, 0.15) is 24.3 Å². The Morgan fingerprint density at radius 1 is 0.250 bits per heavy atom. The van der Waals surface area contributed by atoms with E-state index in [0.717, 1.165) is 87.2 Å². The molecular formula is C64H34N8. The molecule has 0 aliphatic carbocycles. The highest BCUT2D eigenvalue weighted by molar-refractivity contribution is 6.15. The van der Waals surface area contributed by atoms with E-state index in [1.807, 2.05) is 143 Å². The number of hydrogen-bond donors (Lipinski definition) is 0. The third kappa shape index (κ3) is 5.41. The van der Waals surface area contributed by atoms with E-state index in [-0.39, 0.29) is 22.3 Å². The monoisotopic (exact) mass is 914 g/mol. The summed E-state index contributed by atoms with van der Waals surface area (Å²) in [5.41, 5.74) is 10.3. The number of nitrogens with zero attached hydrogens (tertiary/aromatic N) is 8. The molecule has 0 aliphatic rings. The van der Waals surface area contributed by atoms with Gasteiger partial charge in [-0.2, -0.15) is 21.0 Å². The number of rotatable bonds is 5. The quantitative estimate of drug-likeness (QED) is 0.171. The van der Waals surface area contributed by atoms with Crippen LogP contribution in [-0.4, -0.2) is 18.3 Å². The van der Waals surface area contributed by atoms with E-state index in [0.29, 0.717) is 33.9 Å². The molecule has 0 saturated heterocycles. The van der Waals surface area contributed by atoms with Crippen LogP contribution in [0.5, 0.6) is 0 Å². The second kappa shape index (κ2) is 15.4. The van der Waals surface area contributed by atoms with Crippen LogP contribution in [-0.2, 0) is 0 Å². The van der Waals surface area contributed by atoms with E-state index in [1.54, 1.807) is 0 Å². The van der Waals surface area contributed by atoms with Crippen LogP contribution >= 0.6 is 0 Å². The van der Waals surface area contributed by atoms with Crippen LogP contribution in [0.25, 0.3) is 121 Å². The van der Waals surface area contributed by atoms with Gasteiger partial charge in [0.05, 0.1) is 89.1 Å². The van der Waals surface area contributed by atoms with Crippen molar-refractivity contribution in [3.63, 3.8) is 0 Å². The molecule has 4 aromatic heterocycles. The molecule has 0 radical (unpaired) electrons. The van der Waals surface area contributed by atoms with Gasteiger partial charge in [0.25, 0.3) is 0 Å². The van der Waals surface area contributed by atoms with Crippen molar-refractivity contribution in [2.24, 2.45) is 0 Å². The van der Waals surface area contributed by atoms with Crippen molar-refractivity contribution in [1.82, 2.24) is 18.3 Å². The van der Waals surface area contributed by atoms with Gasteiger partial charge in [-0.1, -0.05) is 146 Å². The van der Waals surface area contributed by atoms with E-state index < -0.39 is 0 Å². The zero-order valence-corrected chi connectivity index (χ0v) is 38.2. The highest BCUT2D eigenvalue weighted by Gasteiger charge is 2.33. The Morgan fingerprint density at radius 2 is 0.458 bits per heavy atom. The number of benzene rings is 10. The normalized spacial score (nSPS) is 11.6. The van der Waals surface area contributed by atoms with Gasteiger partial charge < -0.3 is 18.3 Å². The average Bonchev–Trinajstić information content (AvgIpc) is 4.17. The maximum atomic E-state index is 12.3. The van der Waals surface area contributed by atoms with E-state index in [4.69, 9.17) is 0 Å². The summed E-state index contributed by atoms with van der Waals surface area (Å²) >= 11 is 0. The molecule has 0 aliphatic heterocycles. The van der Waals surface area contributed by atoms with Gasteiger partial charge >= 0.3 is 0 Å². The highest BCUT2D eigenvalue weighted by Crippen LogP contribution is 2.49. The molecule has 0 atom stereocenters. The Morgan fingerprint density at radius 3 is 0.667 bits per heavy atom. The predicted molar refractivity (Wildman–Crippen MR) is 288 cm³/mol. The lowest BCUT2D eigenvalue weighted by Gasteiger charge is -2.25. The van der Waals surface area contributed by atoms with Crippen LogP contribution in [0.15, 0.2) is 206 Å². The smallest absolute Gasteiger partial charge is 0.102 e. The summed E-state index contributed by atoms with van der Waals surface area (Å²) in [7, 11) is 0. The maximum absolute atomic E-state index is 12.3. The number of fused-ring (bicyclic) bond motifs is 12. The third-order valence-corrected chi connectivity index (χ3v) is 14.5. The molecule has 8 heteroatoms. The van der Waals surface area contributed by atoms with Crippen molar-refractivity contribution in [2.45, 2.75) is 0 Å². The topological polar surface area (TPSA) is 115 Å². The van der Waals surface area contributed by atoms with Crippen molar-refractivity contribution in [3.05, 3.63) is 229 Å². The zero-order chi connectivity index (χ0) is 48.2. The highest BCUT2D eigenvalue weighted by atomic mass is 15.0. The molecule has 0 bridgehead atoms. The van der Waals surface area contributed by atoms with E-state index in [2.05, 4.69) is 106 Å². The van der Waals surface area contributed by atoms with E-state index in [1.165, 1.54) is 0 Å². The second-order valence-electron chi connectivity index (χ2n) is 18.0. The standard InChI is InChI=1S/C64H34N8/c65-35-39-33-59(69-51-25-9-1-17-41(51)42-18-2-10-26-52(42)69)61(49(37-67)63(39)71-55-29-13-5-21-45(55)46-22-6-14-30-56(46)71)62-50(38-68)64(72-57-31-15-7-23-47(57)48-24-8-16-32-58(48)72)40(36-66)34-60(62)70-53-27-11-3-19-43(53)44-20-4-12-28-54(44)70/h1-34H. The van der Waals surface area contributed by atoms with Gasteiger partial charge in [-0.25, -0.2) is 0 Å². The Kier molecular flexibility index (Phi) is 8.67. The lowest BCUT2D eigenvalue weighted by atomic mass is 9.87. The molecule has 14 aromatic rings. The Labute approximate surface area is 411 Å². The Balaban J connectivity index is 1.28. The van der Waals surface area contributed by atoms with Gasteiger partial charge in [0.2, 0.25) is 0 Å². The van der Waals surface area contributed by atoms with Crippen molar-refractivity contribution in [2.75, 3.05) is 0 Å². The van der Waals surface area contributed by atoms with E-state index in [9.17, 15) is 21.0 Å². The number of aromatic nitrogens is 4. The Hall–Kier alpha value is -10.6. The lowest BCUT2D eigenvalue weighted by molar-refractivity contribution is 1.10. The zero-order valence-electron chi connectivity index (χ0n) is 38.2. The first kappa shape index (κ1) is 40.4. The predicted octanol–water partition coefficient (Wildman–Crippen LogP) is 15.2. The first-order valence-electron chi connectivity index (χ1n) is 23.6. The molecule has 0 unspecified atom stereocenters. The average molecular weight is 915 g/mol. The first-order valence-corrected chi connectivity index (χ1v) is 23.6. The first-order chi connectivity index (χ1) is 35.6. The van der Waals surface area contributed by atoms with Crippen LogP contribution < -0.4 is 0 Å². The minimum absolute atomic E-state index is 0.189. The lowest BCUT2D eigenvalue weighted by Crippen LogP contribution is -2.12. The molecule has 0 amide bonds. The van der Waals surface area contributed by atoms with Crippen LogP contribution in [0.3, 0.4) is 0 Å². The minimum atomic E-state index is 0.189. The SMILES string of the molecule is N#Cc1cc(-n2c3ccccc3c3ccccc32)c(-c2c(-n3c4ccccc4c4ccccc43)cc(C#N)c(-n3c4ccccc4c4ccccc43)c2C#N)c(C#N)c1-n1c2ccccc2c2ccccc21. The molecule has 0 spiro atoms. The molecule has 0 N–H and O–H groups in total. The van der Waals surface area contributed by atoms with Gasteiger partial charge in [0, 0.05) is 54.2 Å². The van der Waals surface area contributed by atoms with Crippen LogP contribution in [0.4, 0.5) is 0 Å². The van der Waals surface area contributed by atoms with Crippen molar-refractivity contribution in [3.8, 4) is 58.2 Å². The fourth-order valence-corrected chi connectivity index (χ4v) is 11.7. The summed E-state index contributed by atoms with van der Waals surface area (Å²) in [6.07, 6.45) is 0. The second-order valence-corrected chi connectivity index (χ2v) is 18.0. The third-order valence-electron chi connectivity index (χ3n) is 14.5. The van der Waals surface area contributed by atoms with Crippen LogP contribution in [0, 0.1) is 45.3 Å². The van der Waals surface area contributed by atoms with E-state index >= 15 is 0 Å². The van der Waals surface area contributed by atoms with Gasteiger partial charge in [-0.3, -0.25) is 0 Å². The molecule has 0 saturated carbocycles. The fourth-order valence-electron chi connectivity index (χ4n) is 11.7. The van der Waals surface area contributed by atoms with Crippen molar-refractivity contribution < 1.29 is 0 Å². The number of para-hydroxylation sites is 8. The fraction of sp³-hybridized carbons (Fsp3) is 0. The molecular weight excluding hydrogens is 881 g/mol. The summed E-state index contributed by atoms with van der Waals surface area (Å²) in [4.78, 5) is 0. The summed E-state index contributed by atoms with van der Waals surface area (Å²) in [5.74, 6) is 0. The van der Waals surface area contributed by atoms with Gasteiger partial charge in [-0.15, -0.1) is 0 Å². The molecule has 14 rings (SSSR count). The van der Waals surface area contributed by atoms with Crippen molar-refractivity contribution in [1.29, 1.82) is 21.0 Å². The number of hydrogen-bond acceptors (Lipinski definition) is 4. The minimum Gasteiger partial charge on any atom is -0.309 e. The van der Waals surface area contributed by atoms with Crippen molar-refractivity contribution >= 4 is 87.2 Å². The summed E-state index contributed by atoms with van der Waals surface area (Å²) in [6.45, 7) is 0. The molecule has 10 aromatic carbocycles. The Bertz CT molecular complexity index is 4350. The van der Waals surface area contributed by atoms with Crippen LogP contribution in [0.2, 0.25) is 0 Å². The summed E-state index contributed by atoms with van der Waals surface area (Å²) in [5, 5.41) is 55.6. The molecule has 8 nitrogen and oxygen atoms in total. The summed E-state index contributed by atoms with van der Waals surface area (Å²) < 4.78 is 8.33. The molecule has 4 heterocycles.